The molecule has 6 heteroatoms. The summed E-state index contributed by atoms with van der Waals surface area (Å²) >= 11 is 3.35. The number of aryl methyl sites for hydroxylation is 1. The lowest BCUT2D eigenvalue weighted by molar-refractivity contribution is 0.101. The number of ether oxygens (including phenoxy) is 1. The van der Waals surface area contributed by atoms with Crippen molar-refractivity contribution in [2.45, 2.75) is 20.4 Å². The number of benzene rings is 1. The average molecular weight is 338 g/mol. The Morgan fingerprint density at radius 3 is 2.85 bits per heavy atom. The summed E-state index contributed by atoms with van der Waals surface area (Å²) < 4.78 is 7.81. The maximum atomic E-state index is 12.4. The van der Waals surface area contributed by atoms with Crippen LogP contribution < -0.4 is 10.1 Å². The van der Waals surface area contributed by atoms with Crippen molar-refractivity contribution < 1.29 is 9.53 Å². The van der Waals surface area contributed by atoms with Crippen LogP contribution in [0.4, 0.5) is 5.69 Å². The molecule has 0 radical (unpaired) electrons. The van der Waals surface area contributed by atoms with Gasteiger partial charge in [0, 0.05) is 6.54 Å². The van der Waals surface area contributed by atoms with Crippen molar-refractivity contribution in [1.29, 1.82) is 0 Å². The quantitative estimate of drug-likeness (QED) is 0.910. The van der Waals surface area contributed by atoms with Crippen LogP contribution in [0.15, 0.2) is 34.9 Å². The Labute approximate surface area is 126 Å². The fourth-order valence-corrected chi connectivity index (χ4v) is 2.34. The monoisotopic (exact) mass is 337 g/mol. The Morgan fingerprint density at radius 1 is 1.40 bits per heavy atom. The second-order valence-electron chi connectivity index (χ2n) is 4.04. The van der Waals surface area contributed by atoms with Crippen LogP contribution in [0.1, 0.15) is 24.3 Å². The summed E-state index contributed by atoms with van der Waals surface area (Å²) in [6.45, 7) is 5.01. The molecular weight excluding hydrogens is 322 g/mol. The van der Waals surface area contributed by atoms with Crippen LogP contribution in [0.25, 0.3) is 0 Å². The average Bonchev–Trinajstić information content (AvgIpc) is 2.82. The first kappa shape index (κ1) is 14.6. The van der Waals surface area contributed by atoms with Crippen molar-refractivity contribution in [2.24, 2.45) is 0 Å². The zero-order chi connectivity index (χ0) is 14.5. The molecule has 0 atom stereocenters. The second kappa shape index (κ2) is 6.56. The van der Waals surface area contributed by atoms with Gasteiger partial charge in [0.1, 0.15) is 11.4 Å². The molecule has 1 N–H and O–H groups in total. The standard InChI is InChI=1S/C14H16BrN3O2/c1-3-18-13(10(15)9-16-18)14(19)17-11-7-5-6-8-12(11)20-4-2/h5-9H,3-4H2,1-2H3,(H,17,19). The van der Waals surface area contributed by atoms with Crippen molar-refractivity contribution in [1.82, 2.24) is 9.78 Å². The van der Waals surface area contributed by atoms with Gasteiger partial charge in [-0.15, -0.1) is 0 Å². The lowest BCUT2D eigenvalue weighted by Crippen LogP contribution is -2.18. The molecule has 0 saturated heterocycles. The van der Waals surface area contributed by atoms with Crippen LogP contribution in [0.3, 0.4) is 0 Å². The van der Waals surface area contributed by atoms with Gasteiger partial charge in [-0.05, 0) is 41.9 Å². The number of anilines is 1. The fourth-order valence-electron chi connectivity index (χ4n) is 1.86. The Kier molecular flexibility index (Phi) is 4.79. The van der Waals surface area contributed by atoms with Crippen LogP contribution in [-0.4, -0.2) is 22.3 Å². The SMILES string of the molecule is CCOc1ccccc1NC(=O)c1c(Br)cnn1CC. The van der Waals surface area contributed by atoms with E-state index in [9.17, 15) is 4.79 Å². The third kappa shape index (κ3) is 3.01. The minimum atomic E-state index is -0.219. The van der Waals surface area contributed by atoms with E-state index in [1.165, 1.54) is 0 Å². The highest BCUT2D eigenvalue weighted by Crippen LogP contribution is 2.25. The number of halogens is 1. The largest absolute Gasteiger partial charge is 0.492 e. The zero-order valence-electron chi connectivity index (χ0n) is 11.4. The molecule has 5 nitrogen and oxygen atoms in total. The number of carbonyl (C=O) groups excluding carboxylic acids is 1. The summed E-state index contributed by atoms with van der Waals surface area (Å²) in [6, 6.07) is 7.35. The molecule has 0 unspecified atom stereocenters. The molecule has 0 aliphatic carbocycles. The minimum Gasteiger partial charge on any atom is -0.492 e. The van der Waals surface area contributed by atoms with E-state index >= 15 is 0 Å². The number of carbonyl (C=O) groups is 1. The highest BCUT2D eigenvalue weighted by molar-refractivity contribution is 9.10. The molecule has 0 saturated carbocycles. The number of para-hydroxylation sites is 2. The van der Waals surface area contributed by atoms with Gasteiger partial charge in [-0.3, -0.25) is 9.48 Å². The number of nitrogens with one attached hydrogen (secondary N) is 1. The van der Waals surface area contributed by atoms with Crippen molar-refractivity contribution in [3.8, 4) is 5.75 Å². The number of amides is 1. The number of hydrogen-bond donors (Lipinski definition) is 1. The Morgan fingerprint density at radius 2 is 2.15 bits per heavy atom. The van der Waals surface area contributed by atoms with E-state index in [4.69, 9.17) is 4.74 Å². The van der Waals surface area contributed by atoms with Crippen LogP contribution in [0.5, 0.6) is 5.75 Å². The lowest BCUT2D eigenvalue weighted by atomic mass is 10.2. The van der Waals surface area contributed by atoms with Crippen molar-refractivity contribution in [3.63, 3.8) is 0 Å². The zero-order valence-corrected chi connectivity index (χ0v) is 13.0. The van der Waals surface area contributed by atoms with Gasteiger partial charge >= 0.3 is 0 Å². The van der Waals surface area contributed by atoms with E-state index in [-0.39, 0.29) is 5.91 Å². The van der Waals surface area contributed by atoms with E-state index < -0.39 is 0 Å². The van der Waals surface area contributed by atoms with Crippen molar-refractivity contribution >= 4 is 27.5 Å². The fraction of sp³-hybridized carbons (Fsp3) is 0.286. The molecule has 0 spiro atoms. The van der Waals surface area contributed by atoms with E-state index in [0.29, 0.717) is 34.8 Å². The van der Waals surface area contributed by atoms with Crippen LogP contribution in [-0.2, 0) is 6.54 Å². The molecule has 20 heavy (non-hydrogen) atoms. The summed E-state index contributed by atoms with van der Waals surface area (Å²) in [5.41, 5.74) is 1.15. The van der Waals surface area contributed by atoms with Gasteiger partial charge in [0.15, 0.2) is 0 Å². The third-order valence-electron chi connectivity index (χ3n) is 2.74. The molecule has 0 bridgehead atoms. The van der Waals surface area contributed by atoms with Crippen LogP contribution in [0, 0.1) is 0 Å². The maximum absolute atomic E-state index is 12.4. The molecule has 2 rings (SSSR count). The van der Waals surface area contributed by atoms with Crippen LogP contribution in [0.2, 0.25) is 0 Å². The topological polar surface area (TPSA) is 56.1 Å². The number of nitrogens with zero attached hydrogens (tertiary/aromatic N) is 2. The molecule has 1 aromatic heterocycles. The number of hydrogen-bond acceptors (Lipinski definition) is 3. The normalized spacial score (nSPS) is 10.3. The molecular formula is C14H16BrN3O2. The highest BCUT2D eigenvalue weighted by atomic mass is 79.9. The van der Waals surface area contributed by atoms with Gasteiger partial charge in [-0.25, -0.2) is 0 Å². The number of rotatable bonds is 5. The molecule has 0 aliphatic heterocycles. The van der Waals surface area contributed by atoms with Gasteiger partial charge < -0.3 is 10.1 Å². The lowest BCUT2D eigenvalue weighted by Gasteiger charge is -2.12. The van der Waals surface area contributed by atoms with Gasteiger partial charge in [-0.1, -0.05) is 12.1 Å². The van der Waals surface area contributed by atoms with Gasteiger partial charge in [0.25, 0.3) is 5.91 Å². The molecule has 0 aliphatic rings. The molecule has 2 aromatic rings. The summed E-state index contributed by atoms with van der Waals surface area (Å²) in [7, 11) is 0. The summed E-state index contributed by atoms with van der Waals surface area (Å²) in [5, 5.41) is 6.99. The number of aromatic nitrogens is 2. The maximum Gasteiger partial charge on any atom is 0.275 e. The highest BCUT2D eigenvalue weighted by Gasteiger charge is 2.17. The second-order valence-corrected chi connectivity index (χ2v) is 4.89. The summed E-state index contributed by atoms with van der Waals surface area (Å²) in [4.78, 5) is 12.4. The Hall–Kier alpha value is -1.82. The van der Waals surface area contributed by atoms with Crippen LogP contribution >= 0.6 is 15.9 Å². The molecule has 106 valence electrons. The first-order valence-electron chi connectivity index (χ1n) is 6.41. The van der Waals surface area contributed by atoms with E-state index in [0.717, 1.165) is 0 Å². The van der Waals surface area contributed by atoms with Gasteiger partial charge in [-0.2, -0.15) is 5.10 Å². The molecule has 1 amide bonds. The van der Waals surface area contributed by atoms with Gasteiger partial charge in [0.2, 0.25) is 0 Å². The van der Waals surface area contributed by atoms with Crippen molar-refractivity contribution in [3.05, 3.63) is 40.6 Å². The summed E-state index contributed by atoms with van der Waals surface area (Å²) in [5.74, 6) is 0.436. The first-order valence-corrected chi connectivity index (χ1v) is 7.21. The molecule has 0 fully saturated rings. The third-order valence-corrected chi connectivity index (χ3v) is 3.32. The predicted octanol–water partition coefficient (Wildman–Crippen LogP) is 3.32. The minimum absolute atomic E-state index is 0.219. The van der Waals surface area contributed by atoms with E-state index in [1.54, 1.807) is 10.9 Å². The Bertz CT molecular complexity index is 610. The molecule has 1 heterocycles. The van der Waals surface area contributed by atoms with Crippen molar-refractivity contribution in [2.75, 3.05) is 11.9 Å². The summed E-state index contributed by atoms with van der Waals surface area (Å²) in [6.07, 6.45) is 1.62. The molecule has 1 aromatic carbocycles. The van der Waals surface area contributed by atoms with E-state index in [2.05, 4.69) is 26.3 Å². The van der Waals surface area contributed by atoms with Gasteiger partial charge in [0.05, 0.1) is 23.0 Å². The first-order chi connectivity index (χ1) is 9.67. The predicted molar refractivity (Wildman–Crippen MR) is 81.2 cm³/mol. The Balaban J connectivity index is 2.26. The van der Waals surface area contributed by atoms with E-state index in [1.807, 2.05) is 38.1 Å². The smallest absolute Gasteiger partial charge is 0.275 e.